The third-order valence-corrected chi connectivity index (χ3v) is 4.72. The van der Waals surface area contributed by atoms with E-state index in [0.29, 0.717) is 6.54 Å². The molecule has 118 valence electrons. The van der Waals surface area contributed by atoms with Crippen LogP contribution in [0, 0.1) is 6.92 Å². The maximum atomic E-state index is 12.3. The Labute approximate surface area is 139 Å². The van der Waals surface area contributed by atoms with Crippen molar-refractivity contribution in [3.8, 4) is 0 Å². The molecule has 1 aromatic carbocycles. The van der Waals surface area contributed by atoms with E-state index >= 15 is 0 Å². The number of carbonyl (C=O) groups excluding carboxylic acids is 1. The molecule has 0 saturated heterocycles. The Balaban J connectivity index is 1.60. The first-order chi connectivity index (χ1) is 11.1. The summed E-state index contributed by atoms with van der Waals surface area (Å²) in [7, 11) is 0. The number of nitrogens with zero attached hydrogens (tertiary/aromatic N) is 2. The lowest BCUT2D eigenvalue weighted by molar-refractivity contribution is -0.120. The number of pyridine rings is 1. The van der Waals surface area contributed by atoms with Crippen LogP contribution in [0.25, 0.3) is 5.52 Å². The van der Waals surface area contributed by atoms with Gasteiger partial charge in [-0.25, -0.2) is 4.98 Å². The predicted molar refractivity (Wildman–Crippen MR) is 93.5 cm³/mol. The molecule has 0 unspecified atom stereocenters. The van der Waals surface area contributed by atoms with Crippen molar-refractivity contribution in [1.29, 1.82) is 0 Å². The second-order valence-corrected chi connectivity index (χ2v) is 6.81. The fourth-order valence-corrected chi connectivity index (χ4v) is 3.16. The molecule has 1 amide bonds. The first-order valence-corrected chi connectivity index (χ1v) is 8.43. The number of carbonyl (C=O) groups is 1. The van der Waals surface area contributed by atoms with E-state index in [0.717, 1.165) is 16.2 Å². The van der Waals surface area contributed by atoms with Gasteiger partial charge in [-0.3, -0.25) is 9.20 Å². The highest BCUT2D eigenvalue weighted by Gasteiger charge is 2.16. The number of nitrogens with one attached hydrogen (secondary N) is 1. The average molecular weight is 325 g/mol. The monoisotopic (exact) mass is 325 g/mol. The summed E-state index contributed by atoms with van der Waals surface area (Å²) < 4.78 is 1.99. The Morgan fingerprint density at radius 3 is 2.83 bits per heavy atom. The minimum absolute atomic E-state index is 0.0169. The van der Waals surface area contributed by atoms with Crippen molar-refractivity contribution >= 4 is 23.2 Å². The van der Waals surface area contributed by atoms with Crippen LogP contribution in [0.4, 0.5) is 0 Å². The number of hydrogen-bond donors (Lipinski definition) is 1. The lowest BCUT2D eigenvalue weighted by Gasteiger charge is -2.11. The minimum atomic E-state index is -0.203. The molecule has 0 bridgehead atoms. The first kappa shape index (κ1) is 15.6. The van der Waals surface area contributed by atoms with E-state index in [1.165, 1.54) is 17.3 Å². The molecule has 0 aliphatic carbocycles. The molecule has 3 rings (SSSR count). The van der Waals surface area contributed by atoms with Crippen LogP contribution in [0.3, 0.4) is 0 Å². The lowest BCUT2D eigenvalue weighted by Crippen LogP contribution is -2.30. The SMILES string of the molecule is Cc1ccc(CNC(=O)[C@H](C)Sc2ncc3ccccn23)cc1. The summed E-state index contributed by atoms with van der Waals surface area (Å²) in [6.45, 7) is 4.50. The molecule has 0 saturated carbocycles. The number of aryl methyl sites for hydroxylation is 1. The number of imidazole rings is 1. The highest BCUT2D eigenvalue weighted by molar-refractivity contribution is 8.00. The van der Waals surface area contributed by atoms with Gasteiger partial charge in [-0.05, 0) is 31.5 Å². The fraction of sp³-hybridized carbons (Fsp3) is 0.222. The number of amides is 1. The van der Waals surface area contributed by atoms with Gasteiger partial charge >= 0.3 is 0 Å². The molecule has 1 atom stereocenters. The minimum Gasteiger partial charge on any atom is -0.351 e. The summed E-state index contributed by atoms with van der Waals surface area (Å²) in [6.07, 6.45) is 3.78. The van der Waals surface area contributed by atoms with Crippen molar-refractivity contribution in [2.24, 2.45) is 0 Å². The van der Waals surface area contributed by atoms with Crippen LogP contribution in [0.1, 0.15) is 18.1 Å². The average Bonchev–Trinajstić information content (AvgIpc) is 2.97. The van der Waals surface area contributed by atoms with Crippen molar-refractivity contribution in [3.63, 3.8) is 0 Å². The molecular weight excluding hydrogens is 306 g/mol. The largest absolute Gasteiger partial charge is 0.351 e. The lowest BCUT2D eigenvalue weighted by atomic mass is 10.1. The molecule has 0 aliphatic rings. The van der Waals surface area contributed by atoms with E-state index < -0.39 is 0 Å². The van der Waals surface area contributed by atoms with E-state index in [1.807, 2.05) is 54.0 Å². The Hall–Kier alpha value is -2.27. The molecule has 0 fully saturated rings. The van der Waals surface area contributed by atoms with E-state index in [4.69, 9.17) is 0 Å². The van der Waals surface area contributed by atoms with E-state index in [2.05, 4.69) is 29.4 Å². The molecule has 0 aliphatic heterocycles. The van der Waals surface area contributed by atoms with Crippen molar-refractivity contribution < 1.29 is 4.79 Å². The van der Waals surface area contributed by atoms with Gasteiger partial charge in [-0.1, -0.05) is 47.7 Å². The van der Waals surface area contributed by atoms with Crippen LogP contribution in [0.2, 0.25) is 0 Å². The van der Waals surface area contributed by atoms with Crippen LogP contribution >= 0.6 is 11.8 Å². The van der Waals surface area contributed by atoms with E-state index in [9.17, 15) is 4.79 Å². The van der Waals surface area contributed by atoms with E-state index in [-0.39, 0.29) is 11.2 Å². The summed E-state index contributed by atoms with van der Waals surface area (Å²) in [5.41, 5.74) is 3.35. The molecule has 3 aromatic rings. The normalized spacial score (nSPS) is 12.3. The van der Waals surface area contributed by atoms with Crippen molar-refractivity contribution in [3.05, 3.63) is 66.0 Å². The second kappa shape index (κ2) is 6.87. The Bertz CT molecular complexity index is 811. The summed E-state index contributed by atoms with van der Waals surface area (Å²) in [5.74, 6) is 0.0169. The van der Waals surface area contributed by atoms with Gasteiger partial charge in [0.25, 0.3) is 0 Å². The number of thioether (sulfide) groups is 1. The molecule has 1 N–H and O–H groups in total. The highest BCUT2D eigenvalue weighted by Crippen LogP contribution is 2.23. The molecule has 4 nitrogen and oxygen atoms in total. The van der Waals surface area contributed by atoms with Gasteiger partial charge in [-0.15, -0.1) is 0 Å². The zero-order chi connectivity index (χ0) is 16.2. The zero-order valence-electron chi connectivity index (χ0n) is 13.2. The highest BCUT2D eigenvalue weighted by atomic mass is 32.2. The van der Waals surface area contributed by atoms with Gasteiger partial charge in [-0.2, -0.15) is 0 Å². The Morgan fingerprint density at radius 2 is 2.04 bits per heavy atom. The summed E-state index contributed by atoms with van der Waals surface area (Å²) in [6, 6.07) is 14.1. The van der Waals surface area contributed by atoms with Crippen LogP contribution in [0.15, 0.2) is 60.0 Å². The topological polar surface area (TPSA) is 46.4 Å². The standard InChI is InChI=1S/C18H19N3OS/c1-13-6-8-15(9-7-13)11-19-17(22)14(2)23-18-20-12-16-5-3-4-10-21(16)18/h3-10,12,14H,11H2,1-2H3,(H,19,22)/t14-/m0/s1. The molecular formula is C18H19N3OS. The number of fused-ring (bicyclic) bond motifs is 1. The van der Waals surface area contributed by atoms with Crippen LogP contribution in [-0.2, 0) is 11.3 Å². The van der Waals surface area contributed by atoms with Gasteiger partial charge in [0.15, 0.2) is 5.16 Å². The van der Waals surface area contributed by atoms with Crippen molar-refractivity contribution in [2.45, 2.75) is 30.8 Å². The third kappa shape index (κ3) is 3.74. The molecule has 2 heterocycles. The number of aromatic nitrogens is 2. The fourth-order valence-electron chi connectivity index (χ4n) is 2.26. The maximum Gasteiger partial charge on any atom is 0.233 e. The van der Waals surface area contributed by atoms with E-state index in [1.54, 1.807) is 0 Å². The summed E-state index contributed by atoms with van der Waals surface area (Å²) in [4.78, 5) is 16.7. The summed E-state index contributed by atoms with van der Waals surface area (Å²) in [5, 5.41) is 3.61. The van der Waals surface area contributed by atoms with Crippen LogP contribution in [-0.4, -0.2) is 20.5 Å². The molecule has 2 aromatic heterocycles. The summed E-state index contributed by atoms with van der Waals surface area (Å²) >= 11 is 1.47. The van der Waals surface area contributed by atoms with Gasteiger partial charge in [0.1, 0.15) is 0 Å². The zero-order valence-corrected chi connectivity index (χ0v) is 14.0. The van der Waals surface area contributed by atoms with Gasteiger partial charge in [0, 0.05) is 12.7 Å². The smallest absolute Gasteiger partial charge is 0.233 e. The predicted octanol–water partition coefficient (Wildman–Crippen LogP) is 3.44. The number of benzene rings is 1. The third-order valence-electron chi connectivity index (χ3n) is 3.64. The molecule has 5 heteroatoms. The van der Waals surface area contributed by atoms with Crippen LogP contribution < -0.4 is 5.32 Å². The van der Waals surface area contributed by atoms with Crippen molar-refractivity contribution in [1.82, 2.24) is 14.7 Å². The Kier molecular flexibility index (Phi) is 4.67. The molecule has 0 radical (unpaired) electrons. The number of rotatable bonds is 5. The molecule has 23 heavy (non-hydrogen) atoms. The van der Waals surface area contributed by atoms with Gasteiger partial charge < -0.3 is 5.32 Å². The van der Waals surface area contributed by atoms with Crippen molar-refractivity contribution in [2.75, 3.05) is 0 Å². The van der Waals surface area contributed by atoms with Crippen LogP contribution in [0.5, 0.6) is 0 Å². The van der Waals surface area contributed by atoms with Gasteiger partial charge in [0.2, 0.25) is 5.91 Å². The van der Waals surface area contributed by atoms with Gasteiger partial charge in [0.05, 0.1) is 17.0 Å². The second-order valence-electron chi connectivity index (χ2n) is 5.50. The first-order valence-electron chi connectivity index (χ1n) is 7.55. The Morgan fingerprint density at radius 1 is 1.26 bits per heavy atom. The maximum absolute atomic E-state index is 12.3. The molecule has 0 spiro atoms. The quantitative estimate of drug-likeness (QED) is 0.731. The number of hydrogen-bond acceptors (Lipinski definition) is 3.